The van der Waals surface area contributed by atoms with Gasteiger partial charge in [0.2, 0.25) is 11.8 Å². The van der Waals surface area contributed by atoms with Crippen molar-refractivity contribution < 1.29 is 14.2 Å². The van der Waals surface area contributed by atoms with Crippen molar-refractivity contribution in [1.29, 1.82) is 0 Å². The van der Waals surface area contributed by atoms with E-state index >= 15 is 0 Å². The molecule has 1 aliphatic rings. The quantitative estimate of drug-likeness (QED) is 0.658. The molecule has 1 atom stereocenters. The van der Waals surface area contributed by atoms with Gasteiger partial charge in [-0.3, -0.25) is 0 Å². The third-order valence-electron chi connectivity index (χ3n) is 2.15. The molecule has 1 unspecified atom stereocenters. The standard InChI is InChI=1S/C9H10FNO2/c1-9(5-12)4-6-2-3-7(10)11-8(6)13-9/h2-3,12H,4-5H2,1H3. The highest BCUT2D eigenvalue weighted by atomic mass is 19.1. The molecule has 13 heavy (non-hydrogen) atoms. The Hall–Kier alpha value is -1.16. The van der Waals surface area contributed by atoms with Gasteiger partial charge < -0.3 is 9.84 Å². The predicted octanol–water partition coefficient (Wildman–Crippen LogP) is 0.907. The van der Waals surface area contributed by atoms with Gasteiger partial charge in [-0.15, -0.1) is 0 Å². The Morgan fingerprint density at radius 3 is 3.15 bits per heavy atom. The second kappa shape index (κ2) is 2.67. The first-order chi connectivity index (χ1) is 6.13. The van der Waals surface area contributed by atoms with E-state index in [0.29, 0.717) is 12.3 Å². The SMILES string of the molecule is CC1(CO)Cc2ccc(F)nc2O1. The first-order valence-electron chi connectivity index (χ1n) is 4.08. The Morgan fingerprint density at radius 1 is 1.69 bits per heavy atom. The minimum atomic E-state index is -0.636. The summed E-state index contributed by atoms with van der Waals surface area (Å²) in [7, 11) is 0. The maximum atomic E-state index is 12.7. The molecule has 2 heterocycles. The molecule has 0 amide bonds. The van der Waals surface area contributed by atoms with Gasteiger partial charge in [0.1, 0.15) is 5.60 Å². The number of nitrogens with zero attached hydrogens (tertiary/aromatic N) is 1. The zero-order valence-electron chi connectivity index (χ0n) is 7.25. The number of halogens is 1. The van der Waals surface area contributed by atoms with Crippen LogP contribution in [-0.2, 0) is 6.42 Å². The van der Waals surface area contributed by atoms with Crippen LogP contribution in [0.1, 0.15) is 12.5 Å². The average Bonchev–Trinajstić information content (AvgIpc) is 2.42. The second-order valence-electron chi connectivity index (χ2n) is 3.49. The van der Waals surface area contributed by atoms with Gasteiger partial charge in [-0.1, -0.05) is 0 Å². The molecule has 0 saturated carbocycles. The number of aromatic nitrogens is 1. The van der Waals surface area contributed by atoms with Gasteiger partial charge in [-0.25, -0.2) is 0 Å². The molecule has 1 aromatic rings. The van der Waals surface area contributed by atoms with E-state index in [0.717, 1.165) is 5.56 Å². The summed E-state index contributed by atoms with van der Waals surface area (Å²) in [4.78, 5) is 3.60. The molecule has 4 heteroatoms. The minimum absolute atomic E-state index is 0.0923. The van der Waals surface area contributed by atoms with Crippen LogP contribution in [0.4, 0.5) is 4.39 Å². The van der Waals surface area contributed by atoms with Crippen molar-refractivity contribution in [2.45, 2.75) is 18.9 Å². The summed E-state index contributed by atoms with van der Waals surface area (Å²) in [6, 6.07) is 2.93. The molecule has 70 valence electrons. The normalized spacial score (nSPS) is 25.5. The molecule has 0 aliphatic carbocycles. The Bertz CT molecular complexity index is 342. The summed E-state index contributed by atoms with van der Waals surface area (Å²) < 4.78 is 18.0. The van der Waals surface area contributed by atoms with Crippen LogP contribution in [0.3, 0.4) is 0 Å². The lowest BCUT2D eigenvalue weighted by molar-refractivity contribution is 0.0411. The molecule has 0 fully saturated rings. The zero-order valence-corrected chi connectivity index (χ0v) is 7.25. The van der Waals surface area contributed by atoms with Crippen LogP contribution in [0.2, 0.25) is 0 Å². The van der Waals surface area contributed by atoms with Crippen LogP contribution < -0.4 is 4.74 Å². The third kappa shape index (κ3) is 1.37. The van der Waals surface area contributed by atoms with E-state index in [1.165, 1.54) is 6.07 Å². The number of aliphatic hydroxyl groups is 1. The molecule has 0 saturated heterocycles. The highest BCUT2D eigenvalue weighted by molar-refractivity contribution is 5.32. The number of aliphatic hydroxyl groups excluding tert-OH is 1. The summed E-state index contributed by atoms with van der Waals surface area (Å²) in [5.41, 5.74) is 0.210. The van der Waals surface area contributed by atoms with Gasteiger partial charge in [0.15, 0.2) is 0 Å². The van der Waals surface area contributed by atoms with Crippen LogP contribution in [0.15, 0.2) is 12.1 Å². The van der Waals surface area contributed by atoms with E-state index < -0.39 is 11.5 Å². The monoisotopic (exact) mass is 183 g/mol. The summed E-state index contributed by atoms with van der Waals surface area (Å²) in [6.45, 7) is 1.68. The molecule has 0 bridgehead atoms. The van der Waals surface area contributed by atoms with Crippen molar-refractivity contribution in [2.24, 2.45) is 0 Å². The molecule has 1 N–H and O–H groups in total. The van der Waals surface area contributed by atoms with Crippen molar-refractivity contribution in [3.8, 4) is 5.88 Å². The van der Waals surface area contributed by atoms with Crippen molar-refractivity contribution in [3.05, 3.63) is 23.6 Å². The Kier molecular flexibility index (Phi) is 1.73. The fourth-order valence-electron chi connectivity index (χ4n) is 1.43. The fourth-order valence-corrected chi connectivity index (χ4v) is 1.43. The molecule has 0 radical (unpaired) electrons. The molecule has 1 aliphatic heterocycles. The molecular formula is C9H10FNO2. The van der Waals surface area contributed by atoms with Gasteiger partial charge in [0.25, 0.3) is 0 Å². The number of rotatable bonds is 1. The summed E-state index contributed by atoms with van der Waals surface area (Å²) in [6.07, 6.45) is 0.576. The van der Waals surface area contributed by atoms with E-state index in [1.807, 2.05) is 0 Å². The Morgan fingerprint density at radius 2 is 2.46 bits per heavy atom. The predicted molar refractivity (Wildman–Crippen MR) is 44.0 cm³/mol. The topological polar surface area (TPSA) is 42.4 Å². The lowest BCUT2D eigenvalue weighted by Crippen LogP contribution is -2.34. The van der Waals surface area contributed by atoms with Gasteiger partial charge in [-0.2, -0.15) is 9.37 Å². The molecule has 0 aromatic carbocycles. The molecular weight excluding hydrogens is 173 g/mol. The van der Waals surface area contributed by atoms with Crippen LogP contribution in [0, 0.1) is 5.95 Å². The van der Waals surface area contributed by atoms with E-state index in [-0.39, 0.29) is 6.61 Å². The number of pyridine rings is 1. The first-order valence-corrected chi connectivity index (χ1v) is 4.08. The summed E-state index contributed by atoms with van der Waals surface area (Å²) in [5.74, 6) is -0.252. The van der Waals surface area contributed by atoms with Gasteiger partial charge in [-0.05, 0) is 19.1 Å². The minimum Gasteiger partial charge on any atom is -0.468 e. The molecule has 1 aromatic heterocycles. The van der Waals surface area contributed by atoms with E-state index in [1.54, 1.807) is 13.0 Å². The van der Waals surface area contributed by atoms with E-state index in [9.17, 15) is 4.39 Å². The van der Waals surface area contributed by atoms with Crippen LogP contribution >= 0.6 is 0 Å². The molecule has 3 nitrogen and oxygen atoms in total. The first kappa shape index (κ1) is 8.44. The second-order valence-corrected chi connectivity index (χ2v) is 3.49. The van der Waals surface area contributed by atoms with E-state index in [4.69, 9.17) is 9.84 Å². The van der Waals surface area contributed by atoms with Crippen molar-refractivity contribution >= 4 is 0 Å². The Labute approximate surface area is 75.2 Å². The third-order valence-corrected chi connectivity index (χ3v) is 2.15. The van der Waals surface area contributed by atoms with Crippen LogP contribution in [0.5, 0.6) is 5.88 Å². The summed E-state index contributed by atoms with van der Waals surface area (Å²) in [5, 5.41) is 9.02. The van der Waals surface area contributed by atoms with Crippen LogP contribution in [-0.4, -0.2) is 22.3 Å². The smallest absolute Gasteiger partial charge is 0.220 e. The molecule has 2 rings (SSSR count). The number of hydrogen-bond donors (Lipinski definition) is 1. The van der Waals surface area contributed by atoms with Crippen molar-refractivity contribution in [1.82, 2.24) is 4.98 Å². The summed E-state index contributed by atoms with van der Waals surface area (Å²) >= 11 is 0. The highest BCUT2D eigenvalue weighted by Crippen LogP contribution is 2.32. The fraction of sp³-hybridized carbons (Fsp3) is 0.444. The van der Waals surface area contributed by atoms with E-state index in [2.05, 4.69) is 4.98 Å². The lowest BCUT2D eigenvalue weighted by Gasteiger charge is -2.19. The maximum absolute atomic E-state index is 12.7. The van der Waals surface area contributed by atoms with Crippen molar-refractivity contribution in [2.75, 3.05) is 6.61 Å². The lowest BCUT2D eigenvalue weighted by atomic mass is 10.0. The average molecular weight is 183 g/mol. The molecule has 0 spiro atoms. The van der Waals surface area contributed by atoms with Gasteiger partial charge in [0.05, 0.1) is 6.61 Å². The zero-order chi connectivity index (χ0) is 9.47. The largest absolute Gasteiger partial charge is 0.468 e. The Balaban J connectivity index is 2.35. The highest BCUT2D eigenvalue weighted by Gasteiger charge is 2.35. The number of hydrogen-bond acceptors (Lipinski definition) is 3. The van der Waals surface area contributed by atoms with Gasteiger partial charge >= 0.3 is 0 Å². The van der Waals surface area contributed by atoms with Gasteiger partial charge in [0, 0.05) is 12.0 Å². The maximum Gasteiger partial charge on any atom is 0.220 e. The van der Waals surface area contributed by atoms with Crippen molar-refractivity contribution in [3.63, 3.8) is 0 Å². The van der Waals surface area contributed by atoms with Crippen LogP contribution in [0.25, 0.3) is 0 Å². The number of ether oxygens (including phenoxy) is 1. The number of fused-ring (bicyclic) bond motifs is 1.